The lowest BCUT2D eigenvalue weighted by molar-refractivity contribution is 0.0938. The number of halogens is 1. The summed E-state index contributed by atoms with van der Waals surface area (Å²) in [5, 5.41) is 14.5. The van der Waals surface area contributed by atoms with Crippen molar-refractivity contribution in [2.75, 3.05) is 19.6 Å². The molecule has 1 aromatic heterocycles. The molecule has 23 heavy (non-hydrogen) atoms. The number of hydrogen-bond donors (Lipinski definition) is 2. The van der Waals surface area contributed by atoms with E-state index in [0.29, 0.717) is 18.2 Å². The predicted octanol–water partition coefficient (Wildman–Crippen LogP) is 2.07. The Balaban J connectivity index is 1.69. The molecular weight excluding hydrogens is 358 g/mol. The van der Waals surface area contributed by atoms with Crippen molar-refractivity contribution in [2.24, 2.45) is 5.92 Å². The van der Waals surface area contributed by atoms with Gasteiger partial charge in [-0.1, -0.05) is 27.2 Å². The molecule has 0 aliphatic carbocycles. The van der Waals surface area contributed by atoms with E-state index in [1.54, 1.807) is 4.68 Å². The maximum Gasteiger partial charge on any atom is 0.273 e. The van der Waals surface area contributed by atoms with E-state index in [0.717, 1.165) is 41.8 Å². The maximum absolute atomic E-state index is 12.4. The molecule has 0 atom stereocenters. The highest BCUT2D eigenvalue weighted by molar-refractivity contribution is 9.10. The number of carbonyl (C=O) groups excluding carboxylic acids is 1. The van der Waals surface area contributed by atoms with Crippen LogP contribution in [0.1, 0.15) is 29.0 Å². The molecule has 3 rings (SSSR count). The van der Waals surface area contributed by atoms with Crippen LogP contribution in [-0.2, 0) is 0 Å². The number of rotatable bonds is 4. The highest BCUT2D eigenvalue weighted by Gasteiger charge is 2.19. The van der Waals surface area contributed by atoms with Gasteiger partial charge in [0.25, 0.3) is 5.91 Å². The number of benzene rings is 1. The standard InChI is InChI=1S/C16H20BrN5O/c1-11-15(16(23)19-10-12-5-7-18-8-6-12)20-21-22(11)14-4-2-3-13(17)9-14/h2-4,9,12,18H,5-8,10H2,1H3,(H,19,23). The molecule has 2 heterocycles. The molecule has 7 heteroatoms. The van der Waals surface area contributed by atoms with E-state index < -0.39 is 0 Å². The van der Waals surface area contributed by atoms with Crippen LogP contribution in [0.5, 0.6) is 0 Å². The molecule has 0 radical (unpaired) electrons. The fraction of sp³-hybridized carbons (Fsp3) is 0.438. The Morgan fingerprint density at radius 3 is 2.96 bits per heavy atom. The van der Waals surface area contributed by atoms with E-state index in [4.69, 9.17) is 0 Å². The molecular formula is C16H20BrN5O. The van der Waals surface area contributed by atoms with Gasteiger partial charge in [0.15, 0.2) is 5.69 Å². The summed E-state index contributed by atoms with van der Waals surface area (Å²) < 4.78 is 2.64. The van der Waals surface area contributed by atoms with Crippen molar-refractivity contribution < 1.29 is 4.79 Å². The monoisotopic (exact) mass is 377 g/mol. The van der Waals surface area contributed by atoms with Crippen LogP contribution in [0.4, 0.5) is 0 Å². The van der Waals surface area contributed by atoms with Gasteiger partial charge in [0.05, 0.1) is 11.4 Å². The van der Waals surface area contributed by atoms with Crippen LogP contribution in [-0.4, -0.2) is 40.5 Å². The van der Waals surface area contributed by atoms with Crippen molar-refractivity contribution in [1.29, 1.82) is 0 Å². The molecule has 122 valence electrons. The first-order chi connectivity index (χ1) is 11.1. The largest absolute Gasteiger partial charge is 0.350 e. The van der Waals surface area contributed by atoms with Crippen molar-refractivity contribution in [2.45, 2.75) is 19.8 Å². The van der Waals surface area contributed by atoms with Crippen LogP contribution in [0.3, 0.4) is 0 Å². The summed E-state index contributed by atoms with van der Waals surface area (Å²) in [5.41, 5.74) is 2.01. The number of nitrogens with one attached hydrogen (secondary N) is 2. The first-order valence-electron chi connectivity index (χ1n) is 7.82. The maximum atomic E-state index is 12.4. The van der Waals surface area contributed by atoms with Crippen LogP contribution in [0.15, 0.2) is 28.7 Å². The van der Waals surface area contributed by atoms with Crippen LogP contribution in [0.25, 0.3) is 5.69 Å². The smallest absolute Gasteiger partial charge is 0.273 e. The second-order valence-corrected chi connectivity index (χ2v) is 6.73. The second-order valence-electron chi connectivity index (χ2n) is 5.82. The normalized spacial score (nSPS) is 15.6. The Morgan fingerprint density at radius 1 is 1.43 bits per heavy atom. The average molecular weight is 378 g/mol. The predicted molar refractivity (Wildman–Crippen MR) is 91.7 cm³/mol. The SMILES string of the molecule is Cc1c(C(=O)NCC2CCNCC2)nnn1-c1cccc(Br)c1. The van der Waals surface area contributed by atoms with Gasteiger partial charge in [0.2, 0.25) is 0 Å². The number of amides is 1. The molecule has 0 unspecified atom stereocenters. The van der Waals surface area contributed by atoms with Crippen LogP contribution in [0, 0.1) is 12.8 Å². The van der Waals surface area contributed by atoms with Crippen LogP contribution >= 0.6 is 15.9 Å². The number of piperidine rings is 1. The van der Waals surface area contributed by atoms with Gasteiger partial charge < -0.3 is 10.6 Å². The van der Waals surface area contributed by atoms with Crippen molar-refractivity contribution >= 4 is 21.8 Å². The van der Waals surface area contributed by atoms with E-state index in [1.165, 1.54) is 0 Å². The summed E-state index contributed by atoms with van der Waals surface area (Å²) in [6.45, 7) is 4.61. The van der Waals surface area contributed by atoms with Gasteiger partial charge in [0, 0.05) is 11.0 Å². The van der Waals surface area contributed by atoms with Gasteiger partial charge in [-0.2, -0.15) is 0 Å². The molecule has 1 aliphatic heterocycles. The third-order valence-corrected chi connectivity index (χ3v) is 4.67. The average Bonchev–Trinajstić information content (AvgIpc) is 2.95. The Hall–Kier alpha value is -1.73. The van der Waals surface area contributed by atoms with Gasteiger partial charge in [-0.05, 0) is 57.0 Å². The molecule has 0 saturated carbocycles. The zero-order valence-electron chi connectivity index (χ0n) is 13.1. The summed E-state index contributed by atoms with van der Waals surface area (Å²) >= 11 is 3.44. The first-order valence-corrected chi connectivity index (χ1v) is 8.61. The van der Waals surface area contributed by atoms with Gasteiger partial charge in [-0.3, -0.25) is 4.79 Å². The fourth-order valence-electron chi connectivity index (χ4n) is 2.80. The summed E-state index contributed by atoms with van der Waals surface area (Å²) in [6, 6.07) is 7.75. The Morgan fingerprint density at radius 2 is 2.22 bits per heavy atom. The third kappa shape index (κ3) is 3.79. The quantitative estimate of drug-likeness (QED) is 0.855. The highest BCUT2D eigenvalue weighted by atomic mass is 79.9. The van der Waals surface area contributed by atoms with Crippen molar-refractivity contribution in [1.82, 2.24) is 25.6 Å². The summed E-state index contributed by atoms with van der Waals surface area (Å²) in [4.78, 5) is 12.4. The fourth-order valence-corrected chi connectivity index (χ4v) is 3.19. The molecule has 2 aromatic rings. The molecule has 2 N–H and O–H groups in total. The second kappa shape index (κ2) is 7.23. The molecule has 1 saturated heterocycles. The third-order valence-electron chi connectivity index (χ3n) is 4.17. The highest BCUT2D eigenvalue weighted by Crippen LogP contribution is 2.17. The molecule has 6 nitrogen and oxygen atoms in total. The van der Waals surface area contributed by atoms with Crippen LogP contribution < -0.4 is 10.6 Å². The summed E-state index contributed by atoms with van der Waals surface area (Å²) in [7, 11) is 0. The topological polar surface area (TPSA) is 71.8 Å². The minimum absolute atomic E-state index is 0.151. The number of carbonyl (C=O) groups is 1. The molecule has 0 bridgehead atoms. The Labute approximate surface area is 143 Å². The molecule has 1 amide bonds. The van der Waals surface area contributed by atoms with Gasteiger partial charge in [-0.15, -0.1) is 5.10 Å². The first kappa shape index (κ1) is 16.1. The zero-order chi connectivity index (χ0) is 16.2. The minimum Gasteiger partial charge on any atom is -0.350 e. The number of nitrogens with zero attached hydrogens (tertiary/aromatic N) is 3. The van der Waals surface area contributed by atoms with Crippen LogP contribution in [0.2, 0.25) is 0 Å². The molecule has 1 aliphatic rings. The Bertz CT molecular complexity index is 694. The number of hydrogen-bond acceptors (Lipinski definition) is 4. The summed E-state index contributed by atoms with van der Waals surface area (Å²) in [6.07, 6.45) is 2.20. The lowest BCUT2D eigenvalue weighted by atomic mass is 9.98. The van der Waals surface area contributed by atoms with Gasteiger partial charge in [0.1, 0.15) is 0 Å². The number of aromatic nitrogens is 3. The lowest BCUT2D eigenvalue weighted by Gasteiger charge is -2.22. The van der Waals surface area contributed by atoms with E-state index >= 15 is 0 Å². The van der Waals surface area contributed by atoms with Crippen molar-refractivity contribution in [3.63, 3.8) is 0 Å². The van der Waals surface area contributed by atoms with E-state index in [9.17, 15) is 4.79 Å². The minimum atomic E-state index is -0.151. The molecule has 1 aromatic carbocycles. The van der Waals surface area contributed by atoms with E-state index in [-0.39, 0.29) is 5.91 Å². The van der Waals surface area contributed by atoms with Gasteiger partial charge >= 0.3 is 0 Å². The molecule has 0 spiro atoms. The zero-order valence-corrected chi connectivity index (χ0v) is 14.6. The Kier molecular flexibility index (Phi) is 5.07. The van der Waals surface area contributed by atoms with Crippen molar-refractivity contribution in [3.8, 4) is 5.69 Å². The van der Waals surface area contributed by atoms with E-state index in [1.807, 2.05) is 31.2 Å². The van der Waals surface area contributed by atoms with Gasteiger partial charge in [-0.25, -0.2) is 4.68 Å². The van der Waals surface area contributed by atoms with E-state index in [2.05, 4.69) is 36.9 Å². The summed E-state index contributed by atoms with van der Waals surface area (Å²) in [5.74, 6) is 0.392. The van der Waals surface area contributed by atoms with Crippen molar-refractivity contribution in [3.05, 3.63) is 40.1 Å². The molecule has 1 fully saturated rings. The lowest BCUT2D eigenvalue weighted by Crippen LogP contribution is -2.36.